The maximum atomic E-state index is 5.00. The number of hydrogen-bond donors (Lipinski definition) is 0. The summed E-state index contributed by atoms with van der Waals surface area (Å²) in [5, 5.41) is 0. The Bertz CT molecular complexity index is 3350. The third kappa shape index (κ3) is 11.2. The second-order valence-electron chi connectivity index (χ2n) is 17.6. The maximum absolute atomic E-state index is 5.00. The first-order chi connectivity index (χ1) is 34.6. The monoisotopic (exact) mass is 1090 g/mol. The molecule has 3 nitrogen and oxygen atoms in total. The summed E-state index contributed by atoms with van der Waals surface area (Å²) in [5.41, 5.74) is 21.7. The van der Waals surface area contributed by atoms with Gasteiger partial charge in [-0.1, -0.05) is 194 Å². The third-order valence-electron chi connectivity index (χ3n) is 12.9. The van der Waals surface area contributed by atoms with Crippen molar-refractivity contribution in [3.63, 3.8) is 0 Å². The van der Waals surface area contributed by atoms with Gasteiger partial charge in [-0.05, 0) is 87.1 Å². The van der Waals surface area contributed by atoms with E-state index in [9.17, 15) is 0 Å². The number of hydrogen-bond acceptors (Lipinski definition) is 3. The molecule has 0 aliphatic rings. The van der Waals surface area contributed by atoms with Gasteiger partial charge < -0.3 is 0 Å². The van der Waals surface area contributed by atoms with Gasteiger partial charge in [0, 0.05) is 0 Å². The number of aromatic nitrogens is 3. The SMILES string of the molecule is [Ir+3].[c-]1cc(CCc2cc(CCc3c[c-]c(-c4cccc(-c5ccccc5)n4)cc3)cc(-c3ccccc3-c3c[c-]c(-c4cccc(-c5ccccc5)n4)cc3)c2)ccc1-c1cccc(-c2ccccc2)n1. The number of pyridine rings is 3. The molecule has 0 spiro atoms. The van der Waals surface area contributed by atoms with Gasteiger partial charge in [-0.3, -0.25) is 15.0 Å². The summed E-state index contributed by atoms with van der Waals surface area (Å²) in [4.78, 5) is 15.0. The van der Waals surface area contributed by atoms with Crippen molar-refractivity contribution < 1.29 is 20.1 Å². The van der Waals surface area contributed by atoms with E-state index in [0.29, 0.717) is 0 Å². The van der Waals surface area contributed by atoms with Gasteiger partial charge in [0.2, 0.25) is 0 Å². The van der Waals surface area contributed by atoms with Gasteiger partial charge in [0.25, 0.3) is 0 Å². The van der Waals surface area contributed by atoms with Crippen LogP contribution in [0.15, 0.2) is 243 Å². The number of aryl methyl sites for hydroxylation is 4. The van der Waals surface area contributed by atoms with Crippen molar-refractivity contribution in [1.82, 2.24) is 15.0 Å². The van der Waals surface area contributed by atoms with Crippen LogP contribution in [0.3, 0.4) is 0 Å². The smallest absolute Gasteiger partial charge is 0.296 e. The second-order valence-corrected chi connectivity index (χ2v) is 17.6. The van der Waals surface area contributed by atoms with Crippen LogP contribution in [0.25, 0.3) is 89.8 Å². The van der Waals surface area contributed by atoms with E-state index >= 15 is 0 Å². The van der Waals surface area contributed by atoms with Crippen LogP contribution in [0.2, 0.25) is 0 Å². The molecule has 0 amide bonds. The van der Waals surface area contributed by atoms with Crippen molar-refractivity contribution in [2.24, 2.45) is 0 Å². The second kappa shape index (κ2) is 22.1. The molecule has 0 saturated carbocycles. The minimum atomic E-state index is 0. The average molecular weight is 1090 g/mol. The first-order valence-electron chi connectivity index (χ1n) is 24.0. The largest absolute Gasteiger partial charge is 3.00 e. The van der Waals surface area contributed by atoms with Crippen molar-refractivity contribution in [3.8, 4) is 89.8 Å². The van der Waals surface area contributed by atoms with Gasteiger partial charge in [-0.15, -0.1) is 101 Å². The normalized spacial score (nSPS) is 10.9. The molecule has 4 heteroatoms. The van der Waals surface area contributed by atoms with E-state index in [-0.39, 0.29) is 20.1 Å². The molecular formula is C67H48IrN3. The van der Waals surface area contributed by atoms with E-state index in [1.54, 1.807) is 0 Å². The molecule has 8 aromatic carbocycles. The predicted molar refractivity (Wildman–Crippen MR) is 288 cm³/mol. The fourth-order valence-electron chi connectivity index (χ4n) is 9.13. The molecule has 3 aromatic heterocycles. The van der Waals surface area contributed by atoms with Gasteiger partial charge in [0.15, 0.2) is 0 Å². The van der Waals surface area contributed by atoms with Crippen molar-refractivity contribution in [2.75, 3.05) is 0 Å². The van der Waals surface area contributed by atoms with Gasteiger partial charge in [0.1, 0.15) is 0 Å². The van der Waals surface area contributed by atoms with E-state index in [0.717, 1.165) is 98.8 Å². The summed E-state index contributed by atoms with van der Waals surface area (Å²) >= 11 is 0. The molecular weight excluding hydrogens is 1040 g/mol. The molecule has 0 unspecified atom stereocenters. The van der Waals surface area contributed by atoms with Crippen LogP contribution in [0.5, 0.6) is 0 Å². The molecule has 0 radical (unpaired) electrons. The zero-order chi connectivity index (χ0) is 46.9. The van der Waals surface area contributed by atoms with Crippen LogP contribution in [0.1, 0.15) is 22.3 Å². The summed E-state index contributed by atoms with van der Waals surface area (Å²) in [6.45, 7) is 0. The zero-order valence-corrected chi connectivity index (χ0v) is 41.5. The Labute approximate surface area is 431 Å². The first kappa shape index (κ1) is 46.6. The fraction of sp³-hybridized carbons (Fsp3) is 0.0597. The number of nitrogens with zero attached hydrogens (tertiary/aromatic N) is 3. The molecule has 0 saturated heterocycles. The molecule has 0 aliphatic carbocycles. The van der Waals surface area contributed by atoms with E-state index in [2.05, 4.69) is 206 Å². The number of benzene rings is 8. The average Bonchev–Trinajstić information content (AvgIpc) is 3.45. The van der Waals surface area contributed by atoms with Crippen molar-refractivity contribution in [2.45, 2.75) is 25.7 Å². The zero-order valence-electron chi connectivity index (χ0n) is 39.1. The van der Waals surface area contributed by atoms with Crippen molar-refractivity contribution >= 4 is 0 Å². The standard InChI is InChI=1S/C67H48N3.Ir/c1-4-15-53(16-5-1)62-23-12-26-65(68-62)56-37-33-48(34-38-56)29-31-50-45-51(32-30-49-35-39-57(40-36-49)66-27-13-24-63(69-66)54-17-6-2-7-18-54)47-59(46-50)61-22-11-10-21-60(61)52-41-43-58(44-42-52)67-28-14-25-64(70-67)55-19-8-3-9-20-55;/h1-28,33-37,39,41-43,45-47H,29-32H2;/q-3;+3. The predicted octanol–water partition coefficient (Wildman–Crippen LogP) is 16.2. The molecule has 71 heavy (non-hydrogen) atoms. The molecule has 0 bridgehead atoms. The minimum absolute atomic E-state index is 0. The molecule has 0 atom stereocenters. The van der Waals surface area contributed by atoms with Crippen LogP contribution in [0, 0.1) is 18.2 Å². The van der Waals surface area contributed by atoms with Crippen LogP contribution >= 0.6 is 0 Å². The van der Waals surface area contributed by atoms with Crippen molar-refractivity contribution in [1.29, 1.82) is 0 Å². The molecule has 340 valence electrons. The Morgan fingerprint density at radius 2 is 0.606 bits per heavy atom. The summed E-state index contributed by atoms with van der Waals surface area (Å²) in [6.07, 6.45) is 3.58. The van der Waals surface area contributed by atoms with Crippen molar-refractivity contribution in [3.05, 3.63) is 283 Å². The molecule has 0 N–H and O–H groups in total. The Balaban J connectivity index is 0.00000582. The minimum Gasteiger partial charge on any atom is -0.296 e. The van der Waals surface area contributed by atoms with E-state index in [4.69, 9.17) is 15.0 Å². The van der Waals surface area contributed by atoms with Gasteiger partial charge in [0.05, 0.1) is 17.1 Å². The van der Waals surface area contributed by atoms with Crippen LogP contribution < -0.4 is 0 Å². The fourth-order valence-corrected chi connectivity index (χ4v) is 9.13. The maximum Gasteiger partial charge on any atom is 3.00 e. The third-order valence-corrected chi connectivity index (χ3v) is 12.9. The van der Waals surface area contributed by atoms with Gasteiger partial charge >= 0.3 is 20.1 Å². The van der Waals surface area contributed by atoms with Crippen LogP contribution in [-0.2, 0) is 45.8 Å². The van der Waals surface area contributed by atoms with Crippen LogP contribution in [-0.4, -0.2) is 15.0 Å². The molecule has 11 aromatic rings. The summed E-state index contributed by atoms with van der Waals surface area (Å²) in [5.74, 6) is 0. The Morgan fingerprint density at radius 1 is 0.254 bits per heavy atom. The summed E-state index contributed by atoms with van der Waals surface area (Å²) < 4.78 is 0. The first-order valence-corrected chi connectivity index (χ1v) is 24.0. The molecule has 0 fully saturated rings. The Hall–Kier alpha value is -8.14. The molecule has 3 heterocycles. The quantitative estimate of drug-likeness (QED) is 0.102. The van der Waals surface area contributed by atoms with Gasteiger partial charge in [-0.2, -0.15) is 0 Å². The topological polar surface area (TPSA) is 38.7 Å². The van der Waals surface area contributed by atoms with Crippen LogP contribution in [0.4, 0.5) is 0 Å². The number of rotatable bonds is 14. The summed E-state index contributed by atoms with van der Waals surface area (Å²) in [7, 11) is 0. The van der Waals surface area contributed by atoms with E-state index < -0.39 is 0 Å². The van der Waals surface area contributed by atoms with Gasteiger partial charge in [-0.25, -0.2) is 0 Å². The van der Waals surface area contributed by atoms with E-state index in [1.165, 1.54) is 38.9 Å². The Kier molecular flexibility index (Phi) is 14.5. The van der Waals surface area contributed by atoms with E-state index in [1.807, 2.05) is 54.6 Å². The Morgan fingerprint density at radius 3 is 0.986 bits per heavy atom. The molecule has 0 aliphatic heterocycles. The summed E-state index contributed by atoms with van der Waals surface area (Å²) in [6, 6.07) is 95.6. The molecule has 11 rings (SSSR count).